The van der Waals surface area contributed by atoms with Crippen molar-refractivity contribution in [2.75, 3.05) is 31.6 Å². The molecule has 3 rings (SSSR count). The average molecular weight is 372 g/mol. The molecule has 1 aromatic heterocycles. The second kappa shape index (κ2) is 9.03. The number of aliphatic imine (C=N–C) groups is 1. The Morgan fingerprint density at radius 2 is 2.23 bits per heavy atom. The highest BCUT2D eigenvalue weighted by molar-refractivity contribution is 7.11. The molecule has 2 heterocycles. The zero-order chi connectivity index (χ0) is 18.4. The van der Waals surface area contributed by atoms with Gasteiger partial charge in [0.15, 0.2) is 5.96 Å². The lowest BCUT2D eigenvalue weighted by atomic mass is 10.00. The molecule has 2 aromatic rings. The minimum absolute atomic E-state index is 0.697. The van der Waals surface area contributed by atoms with E-state index in [0.29, 0.717) is 6.54 Å². The minimum atomic E-state index is 0.697. The van der Waals surface area contributed by atoms with Crippen LogP contribution >= 0.6 is 11.3 Å². The molecule has 0 unspecified atom stereocenters. The fraction of sp³-hybridized carbons (Fsp3) is 0.500. The van der Waals surface area contributed by atoms with E-state index in [-0.39, 0.29) is 0 Å². The molecule has 26 heavy (non-hydrogen) atoms. The second-order valence-corrected chi connectivity index (χ2v) is 8.04. The topological polar surface area (TPSA) is 52.6 Å². The summed E-state index contributed by atoms with van der Waals surface area (Å²) in [6.45, 7) is 7.73. The summed E-state index contributed by atoms with van der Waals surface area (Å²) in [5.41, 5.74) is 4.09. The lowest BCUT2D eigenvalue weighted by Crippen LogP contribution is -2.38. The number of rotatable bonds is 6. The highest BCUT2D eigenvalue weighted by Crippen LogP contribution is 2.26. The molecule has 0 atom stereocenters. The van der Waals surface area contributed by atoms with Gasteiger partial charge in [0.25, 0.3) is 0 Å². The molecule has 0 fully saturated rings. The zero-order valence-corrected chi connectivity index (χ0v) is 16.8. The zero-order valence-electron chi connectivity index (χ0n) is 16.0. The molecule has 6 heteroatoms. The number of aryl methyl sites for hydroxylation is 2. The van der Waals surface area contributed by atoms with Crippen LogP contribution in [-0.4, -0.2) is 37.6 Å². The van der Waals surface area contributed by atoms with Crippen LogP contribution in [0, 0.1) is 6.92 Å². The van der Waals surface area contributed by atoms with Crippen molar-refractivity contribution in [1.82, 2.24) is 15.6 Å². The van der Waals surface area contributed by atoms with Crippen LogP contribution in [0.3, 0.4) is 0 Å². The van der Waals surface area contributed by atoms with Gasteiger partial charge in [0, 0.05) is 49.9 Å². The van der Waals surface area contributed by atoms with Gasteiger partial charge in [-0.25, -0.2) is 9.98 Å². The van der Waals surface area contributed by atoms with Crippen molar-refractivity contribution in [3.63, 3.8) is 0 Å². The molecular formula is C20H29N5S. The number of anilines is 1. The third kappa shape index (κ3) is 4.97. The fourth-order valence-corrected chi connectivity index (χ4v) is 4.04. The lowest BCUT2D eigenvalue weighted by Gasteiger charge is -2.27. The highest BCUT2D eigenvalue weighted by Gasteiger charge is 2.13. The van der Waals surface area contributed by atoms with Crippen molar-refractivity contribution in [2.24, 2.45) is 4.99 Å². The van der Waals surface area contributed by atoms with Gasteiger partial charge in [0.05, 0.1) is 11.6 Å². The molecule has 1 aliphatic rings. The van der Waals surface area contributed by atoms with Gasteiger partial charge in [-0.05, 0) is 43.9 Å². The maximum Gasteiger partial charge on any atom is 0.191 e. The molecule has 0 amide bonds. The van der Waals surface area contributed by atoms with Crippen LogP contribution < -0.4 is 15.5 Å². The Morgan fingerprint density at radius 1 is 1.35 bits per heavy atom. The van der Waals surface area contributed by atoms with Gasteiger partial charge in [0.2, 0.25) is 0 Å². The van der Waals surface area contributed by atoms with Gasteiger partial charge in [-0.2, -0.15) is 0 Å². The molecular weight excluding hydrogens is 342 g/mol. The monoisotopic (exact) mass is 371 g/mol. The van der Waals surface area contributed by atoms with Crippen LogP contribution in [0.5, 0.6) is 0 Å². The van der Waals surface area contributed by atoms with Crippen molar-refractivity contribution < 1.29 is 0 Å². The molecule has 0 saturated carbocycles. The Morgan fingerprint density at radius 3 is 3.00 bits per heavy atom. The van der Waals surface area contributed by atoms with Crippen molar-refractivity contribution in [2.45, 2.75) is 39.7 Å². The molecule has 2 N–H and O–H groups in total. The van der Waals surface area contributed by atoms with Gasteiger partial charge >= 0.3 is 0 Å². The Balaban J connectivity index is 1.58. The number of nitrogens with zero attached hydrogens (tertiary/aromatic N) is 3. The molecule has 0 saturated heterocycles. The first-order valence-electron chi connectivity index (χ1n) is 9.42. The average Bonchev–Trinajstić information content (AvgIpc) is 3.05. The van der Waals surface area contributed by atoms with Crippen LogP contribution in [0.4, 0.5) is 5.69 Å². The van der Waals surface area contributed by atoms with Crippen molar-refractivity contribution >= 4 is 23.0 Å². The van der Waals surface area contributed by atoms with Crippen molar-refractivity contribution in [1.29, 1.82) is 0 Å². The Labute approximate surface area is 160 Å². The van der Waals surface area contributed by atoms with Gasteiger partial charge in [-0.15, -0.1) is 11.3 Å². The van der Waals surface area contributed by atoms with E-state index in [2.05, 4.69) is 59.6 Å². The second-order valence-electron chi connectivity index (χ2n) is 6.72. The summed E-state index contributed by atoms with van der Waals surface area (Å²) in [7, 11) is 2.17. The summed E-state index contributed by atoms with van der Waals surface area (Å²) in [6, 6.07) is 6.76. The number of hydrogen-bond acceptors (Lipinski definition) is 4. The molecule has 1 aromatic carbocycles. The van der Waals surface area contributed by atoms with Crippen LogP contribution in [0.2, 0.25) is 0 Å². The third-order valence-corrected chi connectivity index (χ3v) is 5.53. The summed E-state index contributed by atoms with van der Waals surface area (Å²) in [4.78, 5) is 12.8. The summed E-state index contributed by atoms with van der Waals surface area (Å²) in [5, 5.41) is 7.91. The Kier molecular flexibility index (Phi) is 6.50. The lowest BCUT2D eigenvalue weighted by molar-refractivity contribution is 0.742. The van der Waals surface area contributed by atoms with E-state index < -0.39 is 0 Å². The molecule has 1 aliphatic heterocycles. The standard InChI is InChI=1S/C20H29N5S/c1-4-21-20(22-10-9-19-23-13-15(2)26-19)24-14-16-7-8-18-17(12-16)6-5-11-25(18)3/h7-8,12-13H,4-6,9-11,14H2,1-3H3,(H2,21,22,24). The normalized spacial score (nSPS) is 14.3. The number of nitrogens with one attached hydrogen (secondary N) is 2. The fourth-order valence-electron chi connectivity index (χ4n) is 3.25. The maximum atomic E-state index is 4.75. The molecule has 140 valence electrons. The Bertz CT molecular complexity index is 752. The number of hydrogen-bond donors (Lipinski definition) is 2. The molecule has 0 bridgehead atoms. The SMILES string of the molecule is CCNC(=NCc1ccc2c(c1)CCCN2C)NCCc1ncc(C)s1. The van der Waals surface area contributed by atoms with Gasteiger partial charge in [-0.1, -0.05) is 12.1 Å². The Hall–Kier alpha value is -2.08. The van der Waals surface area contributed by atoms with E-state index in [1.807, 2.05) is 6.20 Å². The number of benzene rings is 1. The quantitative estimate of drug-likeness (QED) is 0.605. The van der Waals surface area contributed by atoms with Crippen LogP contribution in [0.25, 0.3) is 0 Å². The van der Waals surface area contributed by atoms with Gasteiger partial charge in [-0.3, -0.25) is 0 Å². The molecule has 0 radical (unpaired) electrons. The predicted octanol–water partition coefficient (Wildman–Crippen LogP) is 3.13. The van der Waals surface area contributed by atoms with E-state index in [9.17, 15) is 0 Å². The largest absolute Gasteiger partial charge is 0.374 e. The number of guanidine groups is 1. The highest BCUT2D eigenvalue weighted by atomic mass is 32.1. The first kappa shape index (κ1) is 18.7. The molecule has 0 spiro atoms. The van der Waals surface area contributed by atoms with E-state index in [0.717, 1.165) is 32.0 Å². The summed E-state index contributed by atoms with van der Waals surface area (Å²) in [6.07, 6.45) is 5.26. The van der Waals surface area contributed by atoms with Crippen LogP contribution in [-0.2, 0) is 19.4 Å². The third-order valence-electron chi connectivity index (χ3n) is 4.56. The van der Waals surface area contributed by atoms with E-state index >= 15 is 0 Å². The van der Waals surface area contributed by atoms with Crippen molar-refractivity contribution in [3.05, 3.63) is 45.4 Å². The first-order chi connectivity index (χ1) is 12.7. The molecule has 0 aliphatic carbocycles. The van der Waals surface area contributed by atoms with Gasteiger partial charge < -0.3 is 15.5 Å². The minimum Gasteiger partial charge on any atom is -0.374 e. The summed E-state index contributed by atoms with van der Waals surface area (Å²) in [5.74, 6) is 0.871. The van der Waals surface area contributed by atoms with E-state index in [1.165, 1.54) is 39.5 Å². The molecule has 5 nitrogen and oxygen atoms in total. The van der Waals surface area contributed by atoms with Crippen LogP contribution in [0.15, 0.2) is 29.4 Å². The summed E-state index contributed by atoms with van der Waals surface area (Å²) < 4.78 is 0. The first-order valence-corrected chi connectivity index (χ1v) is 10.2. The van der Waals surface area contributed by atoms with E-state index in [4.69, 9.17) is 4.99 Å². The van der Waals surface area contributed by atoms with E-state index in [1.54, 1.807) is 11.3 Å². The van der Waals surface area contributed by atoms with Gasteiger partial charge in [0.1, 0.15) is 0 Å². The number of aromatic nitrogens is 1. The maximum absolute atomic E-state index is 4.75. The van der Waals surface area contributed by atoms with Crippen LogP contribution in [0.1, 0.15) is 34.4 Å². The van der Waals surface area contributed by atoms with Crippen molar-refractivity contribution in [3.8, 4) is 0 Å². The predicted molar refractivity (Wildman–Crippen MR) is 111 cm³/mol. The number of fused-ring (bicyclic) bond motifs is 1. The summed E-state index contributed by atoms with van der Waals surface area (Å²) >= 11 is 1.76. The number of thiazole rings is 1. The smallest absolute Gasteiger partial charge is 0.191 e.